The Kier molecular flexibility index (Phi) is 2.18. The third kappa shape index (κ3) is 1.40. The lowest BCUT2D eigenvalue weighted by molar-refractivity contribution is 0.0966. The van der Waals surface area contributed by atoms with Gasteiger partial charge in [-0.05, 0) is 6.07 Å². The molecule has 0 radical (unpaired) electrons. The van der Waals surface area contributed by atoms with E-state index in [1.807, 2.05) is 24.3 Å². The summed E-state index contributed by atoms with van der Waals surface area (Å²) in [6, 6.07) is 7.47. The maximum absolute atomic E-state index is 13.7. The topological polar surface area (TPSA) is 55.1 Å². The molecule has 0 unspecified atom stereocenters. The third-order valence-corrected chi connectivity index (χ3v) is 3.52. The van der Waals surface area contributed by atoms with Crippen molar-refractivity contribution in [3.05, 3.63) is 53.7 Å². The first-order valence-corrected chi connectivity index (χ1v) is 6.18. The average molecular weight is 268 g/mol. The number of halogens is 1. The largest absolute Gasteiger partial charge is 0.464 e. The maximum atomic E-state index is 13.7. The lowest BCUT2D eigenvalue weighted by atomic mass is 10.0. The lowest BCUT2D eigenvalue weighted by Crippen LogP contribution is -2.13. The number of carbonyl (C=O) groups is 1. The van der Waals surface area contributed by atoms with Gasteiger partial charge in [0.2, 0.25) is 0 Å². The number of aromatic nitrogens is 1. The van der Waals surface area contributed by atoms with Gasteiger partial charge in [0, 0.05) is 23.1 Å². The van der Waals surface area contributed by atoms with Gasteiger partial charge in [-0.3, -0.25) is 9.78 Å². The first kappa shape index (κ1) is 11.2. The summed E-state index contributed by atoms with van der Waals surface area (Å²) < 4.78 is 19.2. The number of carbonyl (C=O) groups excluding carboxylic acids is 1. The predicted molar refractivity (Wildman–Crippen MR) is 70.6 cm³/mol. The minimum absolute atomic E-state index is 0.200. The Morgan fingerprint density at radius 3 is 3.05 bits per heavy atom. The van der Waals surface area contributed by atoms with Crippen molar-refractivity contribution in [1.29, 1.82) is 0 Å². The summed E-state index contributed by atoms with van der Waals surface area (Å²) in [6.07, 6.45) is 2.70. The van der Waals surface area contributed by atoms with Gasteiger partial charge in [0.1, 0.15) is 17.7 Å². The van der Waals surface area contributed by atoms with Gasteiger partial charge < -0.3 is 9.73 Å². The monoisotopic (exact) mass is 268 g/mol. The number of benzene rings is 1. The second-order valence-corrected chi connectivity index (χ2v) is 4.64. The molecule has 0 bridgehead atoms. The first-order chi connectivity index (χ1) is 9.75. The van der Waals surface area contributed by atoms with Crippen LogP contribution < -0.4 is 5.32 Å². The molecule has 0 spiro atoms. The lowest BCUT2D eigenvalue weighted by Gasteiger charge is -2.04. The van der Waals surface area contributed by atoms with Gasteiger partial charge in [-0.1, -0.05) is 18.2 Å². The van der Waals surface area contributed by atoms with Crippen molar-refractivity contribution in [2.24, 2.45) is 0 Å². The molecule has 5 heteroatoms. The van der Waals surface area contributed by atoms with Crippen LogP contribution in [-0.4, -0.2) is 10.9 Å². The highest BCUT2D eigenvalue weighted by molar-refractivity contribution is 6.06. The molecule has 2 aromatic heterocycles. The Morgan fingerprint density at radius 1 is 1.30 bits per heavy atom. The molecule has 1 aliphatic heterocycles. The smallest absolute Gasteiger partial charge is 0.254 e. The van der Waals surface area contributed by atoms with Crippen LogP contribution in [0.15, 0.2) is 41.1 Å². The van der Waals surface area contributed by atoms with E-state index in [2.05, 4.69) is 10.3 Å². The Hall–Kier alpha value is -2.69. The summed E-state index contributed by atoms with van der Waals surface area (Å²) in [7, 11) is 0. The van der Waals surface area contributed by atoms with Crippen LogP contribution in [0.3, 0.4) is 0 Å². The number of rotatable bonds is 1. The average Bonchev–Trinajstić information content (AvgIpc) is 3.05. The van der Waals surface area contributed by atoms with Crippen LogP contribution in [0.1, 0.15) is 15.9 Å². The van der Waals surface area contributed by atoms with Crippen molar-refractivity contribution < 1.29 is 13.6 Å². The second kappa shape index (κ2) is 3.90. The number of hydrogen-bond acceptors (Lipinski definition) is 3. The van der Waals surface area contributed by atoms with Crippen molar-refractivity contribution >= 4 is 16.9 Å². The number of nitrogens with zero attached hydrogens (tertiary/aromatic N) is 1. The molecule has 0 saturated carbocycles. The van der Waals surface area contributed by atoms with E-state index in [9.17, 15) is 9.18 Å². The van der Waals surface area contributed by atoms with Crippen molar-refractivity contribution in [3.8, 4) is 11.3 Å². The van der Waals surface area contributed by atoms with Gasteiger partial charge in [0.25, 0.3) is 5.91 Å². The molecular weight excluding hydrogens is 259 g/mol. The summed E-state index contributed by atoms with van der Waals surface area (Å²) in [4.78, 5) is 16.0. The molecule has 0 saturated heterocycles. The van der Waals surface area contributed by atoms with Gasteiger partial charge in [0.15, 0.2) is 0 Å². The Morgan fingerprint density at radius 2 is 2.15 bits per heavy atom. The van der Waals surface area contributed by atoms with Crippen molar-refractivity contribution in [1.82, 2.24) is 10.3 Å². The zero-order chi connectivity index (χ0) is 13.7. The highest BCUT2D eigenvalue weighted by Gasteiger charge is 2.28. The van der Waals surface area contributed by atoms with Gasteiger partial charge in [-0.25, -0.2) is 4.39 Å². The van der Waals surface area contributed by atoms with E-state index in [0.29, 0.717) is 28.0 Å². The van der Waals surface area contributed by atoms with Crippen LogP contribution in [0.2, 0.25) is 0 Å². The Labute approximate surface area is 113 Å². The molecule has 0 aliphatic carbocycles. The molecule has 3 aromatic rings. The minimum Gasteiger partial charge on any atom is -0.464 e. The number of furan rings is 1. The SMILES string of the molecule is O=C1NCc2c(F)cnc(-c3coc4ccccc34)c21. The Balaban J connectivity index is 2.05. The molecule has 1 aliphatic rings. The molecule has 20 heavy (non-hydrogen) atoms. The number of hydrogen-bond donors (Lipinski definition) is 1. The molecule has 1 N–H and O–H groups in total. The summed E-state index contributed by atoms with van der Waals surface area (Å²) >= 11 is 0. The molecule has 3 heterocycles. The number of pyridine rings is 1. The van der Waals surface area contributed by atoms with E-state index in [1.165, 1.54) is 0 Å². The minimum atomic E-state index is -0.463. The molecule has 1 amide bonds. The van der Waals surface area contributed by atoms with Crippen LogP contribution in [0, 0.1) is 5.82 Å². The summed E-state index contributed by atoms with van der Waals surface area (Å²) in [6.45, 7) is 0.200. The molecule has 0 atom stereocenters. The second-order valence-electron chi connectivity index (χ2n) is 4.64. The highest BCUT2D eigenvalue weighted by Crippen LogP contribution is 2.34. The fourth-order valence-electron chi connectivity index (χ4n) is 2.57. The van der Waals surface area contributed by atoms with E-state index in [1.54, 1.807) is 6.26 Å². The van der Waals surface area contributed by atoms with E-state index in [0.717, 1.165) is 11.6 Å². The van der Waals surface area contributed by atoms with Crippen molar-refractivity contribution in [2.45, 2.75) is 6.54 Å². The number of nitrogens with one attached hydrogen (secondary N) is 1. The fraction of sp³-hybridized carbons (Fsp3) is 0.0667. The first-order valence-electron chi connectivity index (χ1n) is 6.18. The van der Waals surface area contributed by atoms with Gasteiger partial charge >= 0.3 is 0 Å². The summed E-state index contributed by atoms with van der Waals surface area (Å²) in [5.74, 6) is -0.762. The van der Waals surface area contributed by atoms with Crippen LogP contribution in [0.25, 0.3) is 22.2 Å². The molecule has 4 rings (SSSR count). The van der Waals surface area contributed by atoms with Gasteiger partial charge in [-0.15, -0.1) is 0 Å². The summed E-state index contributed by atoms with van der Waals surface area (Å²) in [5.41, 5.74) is 2.54. The van der Waals surface area contributed by atoms with E-state index in [4.69, 9.17) is 4.42 Å². The maximum Gasteiger partial charge on any atom is 0.254 e. The predicted octanol–water partition coefficient (Wildman–Crippen LogP) is 2.88. The standard InChI is InChI=1S/C15H9FN2O2/c16-11-6-17-14(13-9(11)5-18-15(13)19)10-7-20-12-4-2-1-3-8(10)12/h1-4,6-7H,5H2,(H,18,19). The molecule has 1 aromatic carbocycles. The third-order valence-electron chi connectivity index (χ3n) is 3.52. The van der Waals surface area contributed by atoms with Gasteiger partial charge in [0.05, 0.1) is 17.5 Å². The van der Waals surface area contributed by atoms with Crippen molar-refractivity contribution in [3.63, 3.8) is 0 Å². The zero-order valence-corrected chi connectivity index (χ0v) is 10.3. The number of amides is 1. The normalized spacial score (nSPS) is 13.6. The van der Waals surface area contributed by atoms with Crippen LogP contribution in [0.5, 0.6) is 0 Å². The molecule has 98 valence electrons. The van der Waals surface area contributed by atoms with E-state index >= 15 is 0 Å². The van der Waals surface area contributed by atoms with Crippen molar-refractivity contribution in [2.75, 3.05) is 0 Å². The zero-order valence-electron chi connectivity index (χ0n) is 10.3. The van der Waals surface area contributed by atoms with Gasteiger partial charge in [-0.2, -0.15) is 0 Å². The van der Waals surface area contributed by atoms with Crippen LogP contribution >= 0.6 is 0 Å². The molecule has 0 fully saturated rings. The van der Waals surface area contributed by atoms with Crippen LogP contribution in [0.4, 0.5) is 4.39 Å². The quantitative estimate of drug-likeness (QED) is 0.738. The van der Waals surface area contributed by atoms with E-state index < -0.39 is 5.82 Å². The van der Waals surface area contributed by atoms with E-state index in [-0.39, 0.29) is 12.5 Å². The fourth-order valence-corrected chi connectivity index (χ4v) is 2.57. The molecular formula is C15H9FN2O2. The molecule has 4 nitrogen and oxygen atoms in total. The van der Waals surface area contributed by atoms with Crippen LogP contribution in [-0.2, 0) is 6.54 Å². The Bertz CT molecular complexity index is 854. The highest BCUT2D eigenvalue weighted by atomic mass is 19.1. The summed E-state index contributed by atoms with van der Waals surface area (Å²) in [5, 5.41) is 3.48. The number of fused-ring (bicyclic) bond motifs is 2. The number of para-hydroxylation sites is 1.